The summed E-state index contributed by atoms with van der Waals surface area (Å²) in [7, 11) is 0. The molecule has 10 heteroatoms. The summed E-state index contributed by atoms with van der Waals surface area (Å²) in [5, 5.41) is 0. The number of rotatable bonds is 6. The van der Waals surface area contributed by atoms with E-state index in [1.165, 1.54) is 12.1 Å². The first-order valence-corrected chi connectivity index (χ1v) is 11.1. The molecule has 1 saturated heterocycles. The fourth-order valence-electron chi connectivity index (χ4n) is 2.85. The summed E-state index contributed by atoms with van der Waals surface area (Å²) >= 11 is 9.68. The number of amides is 1. The van der Waals surface area contributed by atoms with Crippen LogP contribution in [0.2, 0.25) is 0 Å². The second kappa shape index (κ2) is 9.98. The number of carbonyl (C=O) groups is 1. The zero-order chi connectivity index (χ0) is 23.5. The molecular formula is C22H15BrF3NO3S2. The largest absolute Gasteiger partial charge is 0.490 e. The van der Waals surface area contributed by atoms with Gasteiger partial charge in [-0.15, -0.1) is 6.42 Å². The first-order chi connectivity index (χ1) is 15.2. The Bertz CT molecular complexity index is 1140. The second-order valence-corrected chi connectivity index (χ2v) is 8.85. The molecule has 2 aromatic rings. The number of hydrogen-bond acceptors (Lipinski definition) is 5. The van der Waals surface area contributed by atoms with Crippen LogP contribution in [-0.4, -0.2) is 23.4 Å². The number of alkyl halides is 3. The van der Waals surface area contributed by atoms with Crippen LogP contribution in [0.4, 0.5) is 18.9 Å². The van der Waals surface area contributed by atoms with E-state index in [2.05, 4.69) is 21.9 Å². The van der Waals surface area contributed by atoms with Crippen molar-refractivity contribution in [2.24, 2.45) is 0 Å². The van der Waals surface area contributed by atoms with Gasteiger partial charge in [0.2, 0.25) is 0 Å². The van der Waals surface area contributed by atoms with Crippen molar-refractivity contribution >= 4 is 61.9 Å². The van der Waals surface area contributed by atoms with E-state index in [1.807, 2.05) is 6.92 Å². The average molecular weight is 542 g/mol. The molecule has 0 aromatic heterocycles. The number of hydrogen-bond donors (Lipinski definition) is 0. The molecule has 1 fully saturated rings. The fraction of sp³-hybridized carbons (Fsp3) is 0.182. The fourth-order valence-corrected chi connectivity index (χ4v) is 4.72. The summed E-state index contributed by atoms with van der Waals surface area (Å²) in [6.45, 7) is 2.24. The first kappa shape index (κ1) is 24.2. The van der Waals surface area contributed by atoms with Gasteiger partial charge in [-0.05, 0) is 64.8 Å². The van der Waals surface area contributed by atoms with E-state index in [4.69, 9.17) is 28.1 Å². The summed E-state index contributed by atoms with van der Waals surface area (Å²) in [5.74, 6) is 2.73. The minimum absolute atomic E-state index is 0.0493. The molecule has 166 valence electrons. The Balaban J connectivity index is 1.95. The molecule has 0 aliphatic carbocycles. The van der Waals surface area contributed by atoms with Crippen molar-refractivity contribution in [3.63, 3.8) is 0 Å². The number of carbonyl (C=O) groups excluding carboxylic acids is 1. The number of thiocarbonyl (C=S) groups is 1. The zero-order valence-corrected chi connectivity index (χ0v) is 19.8. The van der Waals surface area contributed by atoms with Crippen LogP contribution < -0.4 is 14.4 Å². The molecule has 1 aliphatic rings. The van der Waals surface area contributed by atoms with Crippen LogP contribution in [0.15, 0.2) is 45.8 Å². The van der Waals surface area contributed by atoms with Gasteiger partial charge in [-0.1, -0.05) is 36.0 Å². The van der Waals surface area contributed by atoms with E-state index in [9.17, 15) is 18.0 Å². The molecule has 0 bridgehead atoms. The summed E-state index contributed by atoms with van der Waals surface area (Å²) in [4.78, 5) is 14.3. The summed E-state index contributed by atoms with van der Waals surface area (Å²) < 4.78 is 51.1. The molecule has 1 aliphatic heterocycles. The highest BCUT2D eigenvalue weighted by atomic mass is 79.9. The molecule has 1 amide bonds. The average Bonchev–Trinajstić information content (AvgIpc) is 3.00. The van der Waals surface area contributed by atoms with Gasteiger partial charge in [-0.25, -0.2) is 0 Å². The standard InChI is InChI=1S/C22H15BrF3NO3S2/c1-3-8-30-19-16(23)9-13(10-17(19)29-4-2)11-18-20(28)27(21(31)32-18)15-7-5-6-14(12-15)22(24,25)26/h1,5-7,9-12H,4,8H2,2H3/b18-11+. The molecule has 4 nitrogen and oxygen atoms in total. The molecule has 0 N–H and O–H groups in total. The molecule has 32 heavy (non-hydrogen) atoms. The maximum atomic E-state index is 13.1. The van der Waals surface area contributed by atoms with Crippen LogP contribution in [0.3, 0.4) is 0 Å². The molecule has 0 spiro atoms. The lowest BCUT2D eigenvalue weighted by atomic mass is 10.1. The zero-order valence-electron chi connectivity index (χ0n) is 16.5. The maximum absolute atomic E-state index is 13.1. The predicted octanol–water partition coefficient (Wildman–Crippen LogP) is 6.28. The Morgan fingerprint density at radius 2 is 2.03 bits per heavy atom. The van der Waals surface area contributed by atoms with Crippen molar-refractivity contribution in [2.45, 2.75) is 13.1 Å². The van der Waals surface area contributed by atoms with Crippen molar-refractivity contribution in [2.75, 3.05) is 18.1 Å². The predicted molar refractivity (Wildman–Crippen MR) is 127 cm³/mol. The molecule has 0 unspecified atom stereocenters. The topological polar surface area (TPSA) is 38.8 Å². The van der Waals surface area contributed by atoms with E-state index < -0.39 is 17.6 Å². The number of terminal acetylenes is 1. The Labute approximate surface area is 200 Å². The molecule has 0 saturated carbocycles. The van der Waals surface area contributed by atoms with Gasteiger partial charge in [0, 0.05) is 0 Å². The highest BCUT2D eigenvalue weighted by molar-refractivity contribution is 9.10. The van der Waals surface area contributed by atoms with E-state index in [0.29, 0.717) is 28.1 Å². The smallest absolute Gasteiger partial charge is 0.416 e. The van der Waals surface area contributed by atoms with Gasteiger partial charge < -0.3 is 9.47 Å². The van der Waals surface area contributed by atoms with Crippen LogP contribution in [0, 0.1) is 12.3 Å². The molecule has 1 heterocycles. The van der Waals surface area contributed by atoms with E-state index in [-0.39, 0.29) is 21.5 Å². The van der Waals surface area contributed by atoms with Crippen molar-refractivity contribution in [3.05, 3.63) is 56.9 Å². The van der Waals surface area contributed by atoms with E-state index in [1.54, 1.807) is 18.2 Å². The van der Waals surface area contributed by atoms with E-state index >= 15 is 0 Å². The molecular weight excluding hydrogens is 527 g/mol. The third-order valence-electron chi connectivity index (χ3n) is 4.15. The van der Waals surface area contributed by atoms with Gasteiger partial charge in [0.25, 0.3) is 5.91 Å². The van der Waals surface area contributed by atoms with Gasteiger partial charge in [0.15, 0.2) is 15.8 Å². The number of halogens is 4. The number of anilines is 1. The minimum atomic E-state index is -4.53. The van der Waals surface area contributed by atoms with Crippen LogP contribution >= 0.6 is 39.9 Å². The normalized spacial score (nSPS) is 15.2. The highest BCUT2D eigenvalue weighted by Gasteiger charge is 2.36. The summed E-state index contributed by atoms with van der Waals surface area (Å²) in [6, 6.07) is 7.87. The minimum Gasteiger partial charge on any atom is -0.490 e. The molecule has 0 atom stereocenters. The quantitative estimate of drug-likeness (QED) is 0.244. The monoisotopic (exact) mass is 541 g/mol. The number of ether oxygens (including phenoxy) is 2. The van der Waals surface area contributed by atoms with Crippen molar-refractivity contribution in [3.8, 4) is 23.8 Å². The number of benzene rings is 2. The molecule has 0 radical (unpaired) electrons. The lowest BCUT2D eigenvalue weighted by molar-refractivity contribution is -0.137. The lowest BCUT2D eigenvalue weighted by Crippen LogP contribution is -2.27. The Morgan fingerprint density at radius 1 is 1.28 bits per heavy atom. The van der Waals surface area contributed by atoms with Gasteiger partial charge in [0.1, 0.15) is 6.61 Å². The van der Waals surface area contributed by atoms with Crippen LogP contribution in [0.1, 0.15) is 18.1 Å². The Hall–Kier alpha value is -2.48. The van der Waals surface area contributed by atoms with Crippen molar-refractivity contribution in [1.29, 1.82) is 0 Å². The molecule has 2 aromatic carbocycles. The summed E-state index contributed by atoms with van der Waals surface area (Å²) in [6.07, 6.45) is 2.31. The number of thioether (sulfide) groups is 1. The second-order valence-electron chi connectivity index (χ2n) is 6.32. The van der Waals surface area contributed by atoms with Gasteiger partial charge >= 0.3 is 6.18 Å². The first-order valence-electron chi connectivity index (χ1n) is 9.13. The van der Waals surface area contributed by atoms with Crippen molar-refractivity contribution < 1.29 is 27.4 Å². The van der Waals surface area contributed by atoms with Crippen LogP contribution in [0.5, 0.6) is 11.5 Å². The third kappa shape index (κ3) is 5.28. The Morgan fingerprint density at radius 3 is 2.69 bits per heavy atom. The van der Waals surface area contributed by atoms with Crippen LogP contribution in [0.25, 0.3) is 6.08 Å². The van der Waals surface area contributed by atoms with Gasteiger partial charge in [-0.3, -0.25) is 9.69 Å². The van der Waals surface area contributed by atoms with Gasteiger partial charge in [-0.2, -0.15) is 13.2 Å². The highest BCUT2D eigenvalue weighted by Crippen LogP contribution is 2.41. The molecule has 3 rings (SSSR count). The number of nitrogens with zero attached hydrogens (tertiary/aromatic N) is 1. The lowest BCUT2D eigenvalue weighted by Gasteiger charge is -2.16. The van der Waals surface area contributed by atoms with E-state index in [0.717, 1.165) is 28.8 Å². The van der Waals surface area contributed by atoms with Crippen molar-refractivity contribution in [1.82, 2.24) is 0 Å². The maximum Gasteiger partial charge on any atom is 0.416 e. The van der Waals surface area contributed by atoms with Crippen LogP contribution in [-0.2, 0) is 11.0 Å². The Kier molecular flexibility index (Phi) is 7.54. The SMILES string of the molecule is C#CCOc1c(Br)cc(/C=C2/SC(=S)N(c3cccc(C(F)(F)F)c3)C2=O)cc1OCC. The summed E-state index contributed by atoms with van der Waals surface area (Å²) in [5.41, 5.74) is -0.196. The third-order valence-corrected chi connectivity index (χ3v) is 6.05. The van der Waals surface area contributed by atoms with Gasteiger partial charge in [0.05, 0.1) is 27.2 Å².